The third-order valence-electron chi connectivity index (χ3n) is 5.46. The fourth-order valence-electron chi connectivity index (χ4n) is 3.87. The molecule has 0 radical (unpaired) electrons. The van der Waals surface area contributed by atoms with E-state index in [1.54, 1.807) is 35.1 Å². The zero-order valence-electron chi connectivity index (χ0n) is 17.6. The number of para-hydroxylation sites is 1. The molecule has 0 bridgehead atoms. The molecule has 0 spiro atoms. The topological polar surface area (TPSA) is 80.3 Å². The van der Waals surface area contributed by atoms with E-state index in [2.05, 4.69) is 5.32 Å². The number of hydrogen-bond donors (Lipinski definition) is 1. The Bertz CT molecular complexity index is 929. The number of methoxy groups -OCH3 is 1. The van der Waals surface area contributed by atoms with E-state index in [-0.39, 0.29) is 18.2 Å². The van der Waals surface area contributed by atoms with Gasteiger partial charge in [-0.05, 0) is 37.1 Å². The van der Waals surface area contributed by atoms with Crippen molar-refractivity contribution in [2.75, 3.05) is 43.6 Å². The van der Waals surface area contributed by atoms with E-state index >= 15 is 0 Å². The second-order valence-electron chi connectivity index (χ2n) is 7.57. The van der Waals surface area contributed by atoms with Crippen molar-refractivity contribution in [2.24, 2.45) is 0 Å². The molecule has 2 fully saturated rings. The molecule has 8 heteroatoms. The van der Waals surface area contributed by atoms with Crippen LogP contribution in [0.2, 0.25) is 0 Å². The van der Waals surface area contributed by atoms with Crippen LogP contribution in [-0.4, -0.2) is 56.5 Å². The molecule has 0 saturated carbocycles. The summed E-state index contributed by atoms with van der Waals surface area (Å²) in [7, 11) is 1.62. The molecule has 2 aromatic rings. The van der Waals surface area contributed by atoms with Crippen LogP contribution in [0.15, 0.2) is 48.5 Å². The number of urea groups is 1. The Morgan fingerprint density at radius 1 is 1.23 bits per heavy atom. The van der Waals surface area contributed by atoms with E-state index in [1.165, 1.54) is 0 Å². The van der Waals surface area contributed by atoms with Gasteiger partial charge in [0.1, 0.15) is 12.4 Å². The average molecular weight is 425 g/mol. The highest BCUT2D eigenvalue weighted by Crippen LogP contribution is 2.24. The van der Waals surface area contributed by atoms with Gasteiger partial charge in [-0.15, -0.1) is 0 Å². The zero-order valence-corrected chi connectivity index (χ0v) is 17.6. The number of nitrogens with zero attached hydrogens (tertiary/aromatic N) is 2. The molecule has 164 valence electrons. The van der Waals surface area contributed by atoms with Crippen molar-refractivity contribution in [1.82, 2.24) is 4.90 Å². The van der Waals surface area contributed by atoms with E-state index in [0.717, 1.165) is 30.8 Å². The summed E-state index contributed by atoms with van der Waals surface area (Å²) in [6, 6.07) is 14.6. The number of amides is 3. The highest BCUT2D eigenvalue weighted by Gasteiger charge is 2.25. The standard InChI is InChI=1S/C23H27N3O5/c1-29-21-10-3-2-6-17(21)15-25(16-20-9-5-12-30-20)22(27)24-18-7-4-8-19(14-18)26-11-13-31-23(26)28/h2-4,6-8,10,14,20H,5,9,11-13,15-16H2,1H3,(H,24,27). The van der Waals surface area contributed by atoms with E-state index in [4.69, 9.17) is 14.2 Å². The summed E-state index contributed by atoms with van der Waals surface area (Å²) < 4.78 is 16.2. The monoisotopic (exact) mass is 425 g/mol. The maximum atomic E-state index is 13.2. The highest BCUT2D eigenvalue weighted by atomic mass is 16.6. The molecule has 0 aromatic heterocycles. The Morgan fingerprint density at radius 2 is 2.10 bits per heavy atom. The second kappa shape index (κ2) is 9.70. The minimum atomic E-state index is -0.375. The second-order valence-corrected chi connectivity index (χ2v) is 7.57. The van der Waals surface area contributed by atoms with Gasteiger partial charge in [0.2, 0.25) is 0 Å². The lowest BCUT2D eigenvalue weighted by molar-refractivity contribution is 0.0817. The highest BCUT2D eigenvalue weighted by molar-refractivity contribution is 5.93. The van der Waals surface area contributed by atoms with E-state index < -0.39 is 0 Å². The normalized spacial score (nSPS) is 18.0. The van der Waals surface area contributed by atoms with Crippen molar-refractivity contribution in [1.29, 1.82) is 0 Å². The molecule has 1 unspecified atom stereocenters. The predicted molar refractivity (Wildman–Crippen MR) is 117 cm³/mol. The number of nitrogens with one attached hydrogen (secondary N) is 1. The number of benzene rings is 2. The number of carbonyl (C=O) groups excluding carboxylic acids is 2. The summed E-state index contributed by atoms with van der Waals surface area (Å²) in [6.07, 6.45) is 1.58. The van der Waals surface area contributed by atoms with Crippen LogP contribution in [0.25, 0.3) is 0 Å². The lowest BCUT2D eigenvalue weighted by atomic mass is 10.1. The molecule has 2 aliphatic heterocycles. The molecule has 2 saturated heterocycles. The van der Waals surface area contributed by atoms with E-state index in [1.807, 2.05) is 30.3 Å². The van der Waals surface area contributed by atoms with Crippen molar-refractivity contribution in [3.8, 4) is 5.75 Å². The van der Waals surface area contributed by atoms with Crippen molar-refractivity contribution >= 4 is 23.5 Å². The van der Waals surface area contributed by atoms with Gasteiger partial charge >= 0.3 is 12.1 Å². The minimum Gasteiger partial charge on any atom is -0.496 e. The molecule has 2 heterocycles. The van der Waals surface area contributed by atoms with Crippen LogP contribution in [-0.2, 0) is 16.0 Å². The third kappa shape index (κ3) is 5.08. The first kappa shape index (κ1) is 21.0. The van der Waals surface area contributed by atoms with Crippen LogP contribution in [0.5, 0.6) is 5.75 Å². The summed E-state index contributed by atoms with van der Waals surface area (Å²) in [6.45, 7) is 2.47. The lowest BCUT2D eigenvalue weighted by Crippen LogP contribution is -2.39. The van der Waals surface area contributed by atoms with Crippen LogP contribution < -0.4 is 15.0 Å². The zero-order chi connectivity index (χ0) is 21.6. The Kier molecular flexibility index (Phi) is 6.57. The summed E-state index contributed by atoms with van der Waals surface area (Å²) in [5, 5.41) is 2.96. The number of ether oxygens (including phenoxy) is 3. The summed E-state index contributed by atoms with van der Waals surface area (Å²) in [4.78, 5) is 28.4. The molecule has 2 aromatic carbocycles. The van der Waals surface area contributed by atoms with Gasteiger partial charge in [0.15, 0.2) is 0 Å². The molecular weight excluding hydrogens is 398 g/mol. The molecule has 1 atom stereocenters. The molecule has 2 aliphatic rings. The Hall–Kier alpha value is -3.26. The summed E-state index contributed by atoms with van der Waals surface area (Å²) in [5.74, 6) is 0.738. The maximum Gasteiger partial charge on any atom is 0.414 e. The van der Waals surface area contributed by atoms with Crippen molar-refractivity contribution in [3.05, 3.63) is 54.1 Å². The van der Waals surface area contributed by atoms with Gasteiger partial charge in [0.05, 0.1) is 26.3 Å². The number of rotatable bonds is 7. The Balaban J connectivity index is 1.50. The van der Waals surface area contributed by atoms with E-state index in [0.29, 0.717) is 37.6 Å². The maximum absolute atomic E-state index is 13.2. The van der Waals surface area contributed by atoms with Crippen LogP contribution >= 0.6 is 0 Å². The fraction of sp³-hybridized carbons (Fsp3) is 0.391. The van der Waals surface area contributed by atoms with Crippen LogP contribution in [0, 0.1) is 0 Å². The van der Waals surface area contributed by atoms with Gasteiger partial charge in [-0.1, -0.05) is 24.3 Å². The third-order valence-corrected chi connectivity index (χ3v) is 5.46. The number of anilines is 2. The molecule has 31 heavy (non-hydrogen) atoms. The Morgan fingerprint density at radius 3 is 2.84 bits per heavy atom. The Labute approximate surface area is 181 Å². The largest absolute Gasteiger partial charge is 0.496 e. The average Bonchev–Trinajstić information content (AvgIpc) is 3.45. The number of carbonyl (C=O) groups is 2. The first-order valence-corrected chi connectivity index (χ1v) is 10.5. The SMILES string of the molecule is COc1ccccc1CN(CC1CCCO1)C(=O)Nc1cccc(N2CCOC2=O)c1. The van der Waals surface area contributed by atoms with Crippen molar-refractivity contribution in [2.45, 2.75) is 25.5 Å². The molecule has 8 nitrogen and oxygen atoms in total. The van der Waals surface area contributed by atoms with Crippen LogP contribution in [0.3, 0.4) is 0 Å². The smallest absolute Gasteiger partial charge is 0.414 e. The lowest BCUT2D eigenvalue weighted by Gasteiger charge is -2.26. The summed E-state index contributed by atoms with van der Waals surface area (Å²) >= 11 is 0. The first-order chi connectivity index (χ1) is 15.1. The van der Waals surface area contributed by atoms with E-state index in [9.17, 15) is 9.59 Å². The van der Waals surface area contributed by atoms with Gasteiger partial charge in [0.25, 0.3) is 0 Å². The van der Waals surface area contributed by atoms with Crippen molar-refractivity contribution < 1.29 is 23.8 Å². The number of hydrogen-bond acceptors (Lipinski definition) is 5. The minimum absolute atomic E-state index is 0.0196. The van der Waals surface area contributed by atoms with Crippen LogP contribution in [0.1, 0.15) is 18.4 Å². The molecule has 1 N–H and O–H groups in total. The molecule has 4 rings (SSSR count). The van der Waals surface area contributed by atoms with Gasteiger partial charge in [-0.2, -0.15) is 0 Å². The fourth-order valence-corrected chi connectivity index (χ4v) is 3.87. The summed E-state index contributed by atoms with van der Waals surface area (Å²) in [5.41, 5.74) is 2.22. The van der Waals surface area contributed by atoms with Gasteiger partial charge < -0.3 is 24.4 Å². The predicted octanol–water partition coefficient (Wildman–Crippen LogP) is 3.86. The quantitative estimate of drug-likeness (QED) is 0.729. The van der Waals surface area contributed by atoms with Crippen molar-refractivity contribution in [3.63, 3.8) is 0 Å². The molecule has 3 amide bonds. The molecule has 0 aliphatic carbocycles. The molecular formula is C23H27N3O5. The first-order valence-electron chi connectivity index (χ1n) is 10.5. The van der Waals surface area contributed by atoms with Gasteiger partial charge in [0, 0.05) is 30.1 Å². The van der Waals surface area contributed by atoms with Gasteiger partial charge in [-0.3, -0.25) is 4.90 Å². The number of cyclic esters (lactones) is 1. The van der Waals surface area contributed by atoms with Gasteiger partial charge in [-0.25, -0.2) is 9.59 Å². The van der Waals surface area contributed by atoms with Crippen LogP contribution in [0.4, 0.5) is 21.0 Å².